The van der Waals surface area contributed by atoms with Crippen LogP contribution in [0.1, 0.15) is 4.88 Å². The second-order valence-corrected chi connectivity index (χ2v) is 5.61. The van der Waals surface area contributed by atoms with Crippen molar-refractivity contribution in [3.8, 4) is 10.6 Å². The average molecular weight is 266 g/mol. The van der Waals surface area contributed by atoms with Crippen molar-refractivity contribution in [2.45, 2.75) is 12.5 Å². The molecule has 0 radical (unpaired) electrons. The number of nitrogens with zero attached hydrogens (tertiary/aromatic N) is 2. The van der Waals surface area contributed by atoms with E-state index in [0.717, 1.165) is 15.4 Å². The van der Waals surface area contributed by atoms with Crippen LogP contribution in [-0.2, 0) is 6.54 Å². The Hall–Kier alpha value is -1.33. The molecule has 1 aromatic carbocycles. The lowest BCUT2D eigenvalue weighted by Gasteiger charge is -2.38. The third kappa shape index (κ3) is 2.42. The van der Waals surface area contributed by atoms with Crippen molar-refractivity contribution in [1.82, 2.24) is 9.88 Å². The molecule has 3 rings (SSSR count). The first kappa shape index (κ1) is 11.7. The molecule has 5 heteroatoms. The van der Waals surface area contributed by atoms with Gasteiger partial charge in [-0.3, -0.25) is 4.90 Å². The van der Waals surface area contributed by atoms with E-state index in [2.05, 4.69) is 4.98 Å². The predicted molar refractivity (Wildman–Crippen MR) is 67.8 cm³/mol. The van der Waals surface area contributed by atoms with Gasteiger partial charge in [0.25, 0.3) is 5.92 Å². The van der Waals surface area contributed by atoms with Crippen LogP contribution in [0.2, 0.25) is 0 Å². The maximum Gasteiger partial charge on any atom is 0.272 e. The van der Waals surface area contributed by atoms with Crippen molar-refractivity contribution >= 4 is 11.3 Å². The van der Waals surface area contributed by atoms with E-state index in [4.69, 9.17) is 0 Å². The summed E-state index contributed by atoms with van der Waals surface area (Å²) in [7, 11) is 0. The summed E-state index contributed by atoms with van der Waals surface area (Å²) in [5, 5.41) is 0.942. The van der Waals surface area contributed by atoms with E-state index in [1.54, 1.807) is 22.4 Å². The van der Waals surface area contributed by atoms with Crippen LogP contribution in [-0.4, -0.2) is 28.9 Å². The molecule has 2 heterocycles. The molecule has 0 unspecified atom stereocenters. The highest BCUT2D eigenvalue weighted by atomic mass is 32.1. The Morgan fingerprint density at radius 3 is 2.61 bits per heavy atom. The van der Waals surface area contributed by atoms with Gasteiger partial charge in [0.2, 0.25) is 0 Å². The number of hydrogen-bond donors (Lipinski definition) is 0. The molecular formula is C13H12F2N2S. The van der Waals surface area contributed by atoms with E-state index >= 15 is 0 Å². The molecule has 1 aromatic heterocycles. The SMILES string of the molecule is FC1(F)CN(Cc2cnc(-c3ccccc3)s2)C1. The van der Waals surface area contributed by atoms with Crippen LogP contribution in [0.3, 0.4) is 0 Å². The molecule has 0 amide bonds. The molecule has 2 aromatic rings. The molecule has 1 fully saturated rings. The Morgan fingerprint density at radius 2 is 1.94 bits per heavy atom. The highest BCUT2D eigenvalue weighted by molar-refractivity contribution is 7.15. The second-order valence-electron chi connectivity index (χ2n) is 4.50. The lowest BCUT2D eigenvalue weighted by atomic mass is 10.1. The Kier molecular flexibility index (Phi) is 2.87. The summed E-state index contributed by atoms with van der Waals surface area (Å²) in [5.41, 5.74) is 1.07. The van der Waals surface area contributed by atoms with Crippen molar-refractivity contribution in [3.05, 3.63) is 41.4 Å². The zero-order valence-electron chi connectivity index (χ0n) is 9.64. The van der Waals surface area contributed by atoms with Crippen LogP contribution in [0.5, 0.6) is 0 Å². The minimum Gasteiger partial charge on any atom is -0.286 e. The largest absolute Gasteiger partial charge is 0.286 e. The molecule has 1 aliphatic heterocycles. The Morgan fingerprint density at radius 1 is 1.22 bits per heavy atom. The van der Waals surface area contributed by atoms with Crippen LogP contribution in [0.25, 0.3) is 10.6 Å². The van der Waals surface area contributed by atoms with Crippen LogP contribution in [0.4, 0.5) is 8.78 Å². The predicted octanol–water partition coefficient (Wildman–Crippen LogP) is 3.26. The molecule has 0 aliphatic carbocycles. The van der Waals surface area contributed by atoms with Gasteiger partial charge in [-0.25, -0.2) is 13.8 Å². The number of thiazole rings is 1. The molecule has 94 valence electrons. The molecule has 1 aliphatic rings. The number of benzene rings is 1. The van der Waals surface area contributed by atoms with E-state index in [0.29, 0.717) is 6.54 Å². The van der Waals surface area contributed by atoms with Crippen LogP contribution >= 0.6 is 11.3 Å². The molecule has 0 atom stereocenters. The van der Waals surface area contributed by atoms with Crippen molar-refractivity contribution < 1.29 is 8.78 Å². The lowest BCUT2D eigenvalue weighted by molar-refractivity contribution is -0.133. The van der Waals surface area contributed by atoms with Crippen LogP contribution < -0.4 is 0 Å². The Bertz CT molecular complexity index is 531. The smallest absolute Gasteiger partial charge is 0.272 e. The lowest BCUT2D eigenvalue weighted by Crippen LogP contribution is -2.55. The number of halogens is 2. The summed E-state index contributed by atoms with van der Waals surface area (Å²) < 4.78 is 25.4. The van der Waals surface area contributed by atoms with Gasteiger partial charge in [-0.2, -0.15) is 0 Å². The Labute approximate surface area is 108 Å². The van der Waals surface area contributed by atoms with Gasteiger partial charge in [-0.1, -0.05) is 30.3 Å². The molecule has 18 heavy (non-hydrogen) atoms. The van der Waals surface area contributed by atoms with E-state index in [1.165, 1.54) is 0 Å². The van der Waals surface area contributed by atoms with Gasteiger partial charge in [-0.15, -0.1) is 11.3 Å². The third-order valence-corrected chi connectivity index (χ3v) is 3.89. The maximum atomic E-state index is 12.7. The fourth-order valence-corrected chi connectivity index (χ4v) is 3.00. The number of aromatic nitrogens is 1. The van der Waals surface area contributed by atoms with Crippen LogP contribution in [0.15, 0.2) is 36.5 Å². The van der Waals surface area contributed by atoms with Crippen molar-refractivity contribution in [2.75, 3.05) is 13.1 Å². The summed E-state index contributed by atoms with van der Waals surface area (Å²) >= 11 is 1.57. The molecule has 2 nitrogen and oxygen atoms in total. The number of hydrogen-bond acceptors (Lipinski definition) is 3. The molecule has 0 spiro atoms. The Balaban J connectivity index is 1.68. The van der Waals surface area contributed by atoms with Gasteiger partial charge < -0.3 is 0 Å². The quantitative estimate of drug-likeness (QED) is 0.847. The van der Waals surface area contributed by atoms with E-state index in [-0.39, 0.29) is 13.1 Å². The van der Waals surface area contributed by atoms with E-state index in [9.17, 15) is 8.78 Å². The molecule has 0 N–H and O–H groups in total. The standard InChI is InChI=1S/C13H12F2N2S/c14-13(15)8-17(9-13)7-11-6-16-12(18-11)10-4-2-1-3-5-10/h1-6H,7-9H2. The van der Waals surface area contributed by atoms with Gasteiger partial charge in [0, 0.05) is 23.2 Å². The van der Waals surface area contributed by atoms with E-state index < -0.39 is 5.92 Å². The minimum absolute atomic E-state index is 0.133. The number of likely N-dealkylation sites (tertiary alicyclic amines) is 1. The summed E-state index contributed by atoms with van der Waals surface area (Å²) in [6.45, 7) is 0.303. The first-order chi connectivity index (χ1) is 8.62. The summed E-state index contributed by atoms with van der Waals surface area (Å²) in [6, 6.07) is 9.89. The van der Waals surface area contributed by atoms with Crippen molar-refractivity contribution in [2.24, 2.45) is 0 Å². The molecular weight excluding hydrogens is 254 g/mol. The summed E-state index contributed by atoms with van der Waals surface area (Å²) in [5.74, 6) is -2.49. The first-order valence-corrected chi connectivity index (χ1v) is 6.54. The topological polar surface area (TPSA) is 16.1 Å². The van der Waals surface area contributed by atoms with Gasteiger partial charge in [-0.05, 0) is 0 Å². The normalized spacial score (nSPS) is 18.6. The molecule has 1 saturated heterocycles. The van der Waals surface area contributed by atoms with Gasteiger partial charge >= 0.3 is 0 Å². The van der Waals surface area contributed by atoms with Crippen molar-refractivity contribution in [3.63, 3.8) is 0 Å². The number of rotatable bonds is 3. The average Bonchev–Trinajstić information content (AvgIpc) is 2.76. The highest BCUT2D eigenvalue weighted by Gasteiger charge is 2.43. The van der Waals surface area contributed by atoms with Crippen LogP contribution in [0, 0.1) is 0 Å². The second kappa shape index (κ2) is 4.40. The summed E-state index contributed by atoms with van der Waals surface area (Å²) in [6.07, 6.45) is 1.78. The maximum absolute atomic E-state index is 12.7. The first-order valence-electron chi connectivity index (χ1n) is 5.73. The number of alkyl halides is 2. The summed E-state index contributed by atoms with van der Waals surface area (Å²) in [4.78, 5) is 7.11. The van der Waals surface area contributed by atoms with Gasteiger partial charge in [0.15, 0.2) is 0 Å². The van der Waals surface area contributed by atoms with Gasteiger partial charge in [0.05, 0.1) is 13.1 Å². The molecule has 0 saturated carbocycles. The van der Waals surface area contributed by atoms with Gasteiger partial charge in [0.1, 0.15) is 5.01 Å². The van der Waals surface area contributed by atoms with E-state index in [1.807, 2.05) is 30.3 Å². The minimum atomic E-state index is -2.49. The molecule has 0 bridgehead atoms. The fraction of sp³-hybridized carbons (Fsp3) is 0.308. The fourth-order valence-electron chi connectivity index (χ4n) is 2.03. The zero-order chi connectivity index (χ0) is 12.6. The third-order valence-electron chi connectivity index (χ3n) is 2.86. The monoisotopic (exact) mass is 266 g/mol. The highest BCUT2D eigenvalue weighted by Crippen LogP contribution is 2.31. The zero-order valence-corrected chi connectivity index (χ0v) is 10.5. The van der Waals surface area contributed by atoms with Crippen molar-refractivity contribution in [1.29, 1.82) is 0 Å².